The van der Waals surface area contributed by atoms with Gasteiger partial charge >= 0.3 is 0 Å². The van der Waals surface area contributed by atoms with Gasteiger partial charge in [0.15, 0.2) is 0 Å². The smallest absolute Gasteiger partial charge is 0.243 e. The van der Waals surface area contributed by atoms with Crippen LogP contribution in [0.1, 0.15) is 18.1 Å². The zero-order valence-electron chi connectivity index (χ0n) is 11.8. The molecular weight excluding hydrogens is 288 g/mol. The van der Waals surface area contributed by atoms with Crippen molar-refractivity contribution < 1.29 is 13.5 Å². The Hall–Kier alpha value is -1.76. The van der Waals surface area contributed by atoms with Crippen molar-refractivity contribution in [3.05, 3.63) is 59.9 Å². The van der Waals surface area contributed by atoms with Gasteiger partial charge in [-0.3, -0.25) is 4.98 Å². The van der Waals surface area contributed by atoms with Gasteiger partial charge in [-0.2, -0.15) is 4.31 Å². The molecule has 0 saturated heterocycles. The second-order valence-corrected chi connectivity index (χ2v) is 6.53. The molecule has 0 amide bonds. The van der Waals surface area contributed by atoms with Crippen molar-refractivity contribution in [3.63, 3.8) is 0 Å². The lowest BCUT2D eigenvalue weighted by Gasteiger charge is -2.20. The summed E-state index contributed by atoms with van der Waals surface area (Å²) >= 11 is 0. The highest BCUT2D eigenvalue weighted by Crippen LogP contribution is 2.18. The van der Waals surface area contributed by atoms with Crippen LogP contribution in [-0.4, -0.2) is 29.4 Å². The normalized spacial score (nSPS) is 11.8. The molecule has 5 nitrogen and oxygen atoms in total. The molecule has 2 rings (SSSR count). The molecule has 0 radical (unpaired) electrons. The Kier molecular flexibility index (Phi) is 5.06. The molecule has 1 N–H and O–H groups in total. The van der Waals surface area contributed by atoms with Gasteiger partial charge in [0.1, 0.15) is 0 Å². The molecular formula is C15H18N2O3S. The van der Waals surface area contributed by atoms with Crippen molar-refractivity contribution in [1.82, 2.24) is 9.29 Å². The number of benzene rings is 1. The zero-order valence-corrected chi connectivity index (χ0v) is 12.6. The number of hydrogen-bond donors (Lipinski definition) is 1. The minimum atomic E-state index is -3.54. The van der Waals surface area contributed by atoms with Crippen LogP contribution in [0.5, 0.6) is 0 Å². The van der Waals surface area contributed by atoms with Crippen LogP contribution in [-0.2, 0) is 23.2 Å². The van der Waals surface area contributed by atoms with E-state index in [9.17, 15) is 8.42 Å². The summed E-state index contributed by atoms with van der Waals surface area (Å²) in [5.41, 5.74) is 1.58. The molecule has 0 saturated carbocycles. The number of sulfonamides is 1. The molecule has 0 spiro atoms. The third-order valence-electron chi connectivity index (χ3n) is 3.20. The minimum Gasteiger partial charge on any atom is -0.392 e. The third kappa shape index (κ3) is 3.66. The summed E-state index contributed by atoms with van der Waals surface area (Å²) in [5, 5.41) is 9.02. The first kappa shape index (κ1) is 15.6. The van der Waals surface area contributed by atoms with Crippen molar-refractivity contribution >= 4 is 10.0 Å². The van der Waals surface area contributed by atoms with Crippen LogP contribution >= 0.6 is 0 Å². The Balaban J connectivity index is 2.26. The van der Waals surface area contributed by atoms with E-state index in [4.69, 9.17) is 5.11 Å². The lowest BCUT2D eigenvalue weighted by Crippen LogP contribution is -2.30. The van der Waals surface area contributed by atoms with Crippen molar-refractivity contribution in [2.75, 3.05) is 6.54 Å². The van der Waals surface area contributed by atoms with E-state index >= 15 is 0 Å². The van der Waals surface area contributed by atoms with Gasteiger partial charge in [-0.25, -0.2) is 8.42 Å². The van der Waals surface area contributed by atoms with Crippen molar-refractivity contribution in [1.29, 1.82) is 0 Å². The second kappa shape index (κ2) is 6.80. The molecule has 0 bridgehead atoms. The van der Waals surface area contributed by atoms with Crippen molar-refractivity contribution in [2.45, 2.75) is 25.0 Å². The van der Waals surface area contributed by atoms with E-state index < -0.39 is 10.0 Å². The highest BCUT2D eigenvalue weighted by atomic mass is 32.2. The van der Waals surface area contributed by atoms with Crippen molar-refractivity contribution in [2.24, 2.45) is 0 Å². The number of nitrogens with zero attached hydrogens (tertiary/aromatic N) is 2. The Bertz CT molecular complexity index is 670. The largest absolute Gasteiger partial charge is 0.392 e. The average Bonchev–Trinajstić information content (AvgIpc) is 2.53. The van der Waals surface area contributed by atoms with E-state index in [1.165, 1.54) is 16.4 Å². The summed E-state index contributed by atoms with van der Waals surface area (Å²) in [6, 6.07) is 9.88. The van der Waals surface area contributed by atoms with E-state index in [0.29, 0.717) is 18.7 Å². The number of aromatic nitrogens is 1. The van der Waals surface area contributed by atoms with E-state index in [0.717, 1.165) is 5.56 Å². The summed E-state index contributed by atoms with van der Waals surface area (Å²) < 4.78 is 26.6. The Morgan fingerprint density at radius 2 is 1.67 bits per heavy atom. The summed E-state index contributed by atoms with van der Waals surface area (Å²) in [7, 11) is -3.54. The number of aliphatic hydroxyl groups is 1. The molecule has 0 atom stereocenters. The molecule has 6 heteroatoms. The highest BCUT2D eigenvalue weighted by molar-refractivity contribution is 7.89. The minimum absolute atomic E-state index is 0.102. The molecule has 0 aliphatic heterocycles. The molecule has 2 aromatic rings. The van der Waals surface area contributed by atoms with Crippen LogP contribution in [0.2, 0.25) is 0 Å². The Morgan fingerprint density at radius 1 is 1.05 bits per heavy atom. The third-order valence-corrected chi connectivity index (χ3v) is 5.14. The lowest BCUT2D eigenvalue weighted by molar-refractivity contribution is 0.281. The van der Waals surface area contributed by atoms with Gasteiger partial charge in [0.05, 0.1) is 11.5 Å². The predicted octanol–water partition coefficient (Wildman–Crippen LogP) is 1.78. The first-order valence-electron chi connectivity index (χ1n) is 6.66. The van der Waals surface area contributed by atoms with Gasteiger partial charge in [0, 0.05) is 25.5 Å². The standard InChI is InChI=1S/C15H18N2O3S/c1-2-17(11-13-7-9-16-10-8-13)21(19,20)15-5-3-14(12-18)4-6-15/h3-10,18H,2,11-12H2,1H3. The maximum atomic E-state index is 12.6. The van der Waals surface area contributed by atoms with Crippen LogP contribution in [0, 0.1) is 0 Å². The fourth-order valence-electron chi connectivity index (χ4n) is 1.97. The SMILES string of the molecule is CCN(Cc1ccncc1)S(=O)(=O)c1ccc(CO)cc1. The molecule has 21 heavy (non-hydrogen) atoms. The maximum absolute atomic E-state index is 12.6. The monoisotopic (exact) mass is 306 g/mol. The molecule has 1 aromatic carbocycles. The lowest BCUT2D eigenvalue weighted by atomic mass is 10.2. The number of rotatable bonds is 6. The fourth-order valence-corrected chi connectivity index (χ4v) is 3.41. The van der Waals surface area contributed by atoms with Gasteiger partial charge in [-0.15, -0.1) is 0 Å². The Labute approximate surface area is 124 Å². The molecule has 0 unspecified atom stereocenters. The maximum Gasteiger partial charge on any atom is 0.243 e. The summed E-state index contributed by atoms with van der Waals surface area (Å²) in [6.07, 6.45) is 3.29. The number of pyridine rings is 1. The quantitative estimate of drug-likeness (QED) is 0.883. The van der Waals surface area contributed by atoms with E-state index in [2.05, 4.69) is 4.98 Å². The van der Waals surface area contributed by atoms with E-state index in [1.54, 1.807) is 43.6 Å². The summed E-state index contributed by atoms with van der Waals surface area (Å²) in [5.74, 6) is 0. The molecule has 0 aliphatic rings. The van der Waals surface area contributed by atoms with Crippen LogP contribution in [0.15, 0.2) is 53.7 Å². The van der Waals surface area contributed by atoms with E-state index in [-0.39, 0.29) is 11.5 Å². The summed E-state index contributed by atoms with van der Waals surface area (Å²) in [6.45, 7) is 2.39. The second-order valence-electron chi connectivity index (χ2n) is 4.59. The van der Waals surface area contributed by atoms with Crippen LogP contribution < -0.4 is 0 Å². The first-order valence-corrected chi connectivity index (χ1v) is 8.10. The number of aliphatic hydroxyl groups excluding tert-OH is 1. The Morgan fingerprint density at radius 3 is 2.19 bits per heavy atom. The van der Waals surface area contributed by atoms with Crippen LogP contribution in [0.3, 0.4) is 0 Å². The van der Waals surface area contributed by atoms with E-state index in [1.807, 2.05) is 0 Å². The van der Waals surface area contributed by atoms with Gasteiger partial charge < -0.3 is 5.11 Å². The van der Waals surface area contributed by atoms with Gasteiger partial charge in [-0.1, -0.05) is 19.1 Å². The van der Waals surface area contributed by atoms with Crippen LogP contribution in [0.25, 0.3) is 0 Å². The predicted molar refractivity (Wildman–Crippen MR) is 79.9 cm³/mol. The van der Waals surface area contributed by atoms with Gasteiger partial charge in [0.2, 0.25) is 10.0 Å². The van der Waals surface area contributed by atoms with Gasteiger partial charge in [-0.05, 0) is 35.4 Å². The topological polar surface area (TPSA) is 70.5 Å². The van der Waals surface area contributed by atoms with Crippen molar-refractivity contribution in [3.8, 4) is 0 Å². The number of hydrogen-bond acceptors (Lipinski definition) is 4. The zero-order chi connectivity index (χ0) is 15.3. The first-order chi connectivity index (χ1) is 10.1. The highest BCUT2D eigenvalue weighted by Gasteiger charge is 2.23. The summed E-state index contributed by atoms with van der Waals surface area (Å²) in [4.78, 5) is 4.16. The molecule has 1 heterocycles. The molecule has 1 aromatic heterocycles. The average molecular weight is 306 g/mol. The van der Waals surface area contributed by atoms with Gasteiger partial charge in [0.25, 0.3) is 0 Å². The van der Waals surface area contributed by atoms with Crippen LogP contribution in [0.4, 0.5) is 0 Å². The molecule has 0 fully saturated rings. The molecule has 0 aliphatic carbocycles. The fraction of sp³-hybridized carbons (Fsp3) is 0.267. The molecule has 112 valence electrons.